The molecule has 0 aromatic heterocycles. The molecule has 0 unspecified atom stereocenters. The number of benzene rings is 1. The van der Waals surface area contributed by atoms with Crippen LogP contribution in [0.25, 0.3) is 0 Å². The highest BCUT2D eigenvalue weighted by Crippen LogP contribution is 2.27. The summed E-state index contributed by atoms with van der Waals surface area (Å²) >= 11 is 0. The SMILES string of the molecule is CC(C)(O)[C@@H]1CN(CCc2ccccc2)C[C@@H]1O. The monoisotopic (exact) mass is 249 g/mol. The fourth-order valence-corrected chi connectivity index (χ4v) is 2.67. The van der Waals surface area contributed by atoms with E-state index in [-0.39, 0.29) is 5.92 Å². The molecule has 3 heteroatoms. The number of nitrogens with zero attached hydrogens (tertiary/aromatic N) is 1. The molecule has 100 valence electrons. The highest BCUT2D eigenvalue weighted by atomic mass is 16.3. The molecular formula is C15H23NO2. The number of likely N-dealkylation sites (tertiary alicyclic amines) is 1. The average molecular weight is 249 g/mol. The van der Waals surface area contributed by atoms with E-state index in [1.54, 1.807) is 13.8 Å². The van der Waals surface area contributed by atoms with Crippen molar-refractivity contribution < 1.29 is 10.2 Å². The van der Waals surface area contributed by atoms with Crippen LogP contribution in [-0.4, -0.2) is 46.5 Å². The molecule has 0 saturated carbocycles. The molecule has 18 heavy (non-hydrogen) atoms. The van der Waals surface area contributed by atoms with Gasteiger partial charge in [-0.15, -0.1) is 0 Å². The van der Waals surface area contributed by atoms with E-state index >= 15 is 0 Å². The second-order valence-electron chi connectivity index (χ2n) is 5.82. The molecule has 0 bridgehead atoms. The van der Waals surface area contributed by atoms with Gasteiger partial charge in [0.15, 0.2) is 0 Å². The quantitative estimate of drug-likeness (QED) is 0.845. The molecule has 0 amide bonds. The van der Waals surface area contributed by atoms with Gasteiger partial charge in [-0.2, -0.15) is 0 Å². The molecule has 2 atom stereocenters. The van der Waals surface area contributed by atoms with Crippen molar-refractivity contribution in [3.63, 3.8) is 0 Å². The Bertz CT molecular complexity index is 372. The van der Waals surface area contributed by atoms with Crippen LogP contribution in [0.1, 0.15) is 19.4 Å². The van der Waals surface area contributed by atoms with Crippen LogP contribution >= 0.6 is 0 Å². The lowest BCUT2D eigenvalue weighted by atomic mass is 9.89. The van der Waals surface area contributed by atoms with E-state index < -0.39 is 11.7 Å². The topological polar surface area (TPSA) is 43.7 Å². The molecule has 0 radical (unpaired) electrons. The van der Waals surface area contributed by atoms with Crippen molar-refractivity contribution >= 4 is 0 Å². The van der Waals surface area contributed by atoms with Crippen LogP contribution in [0.15, 0.2) is 30.3 Å². The van der Waals surface area contributed by atoms with Gasteiger partial charge in [-0.05, 0) is 25.8 Å². The minimum atomic E-state index is -0.805. The predicted octanol–water partition coefficient (Wildman–Crippen LogP) is 1.29. The van der Waals surface area contributed by atoms with Crippen LogP contribution in [-0.2, 0) is 6.42 Å². The maximum atomic E-state index is 10.0. The second-order valence-corrected chi connectivity index (χ2v) is 5.82. The Morgan fingerprint density at radius 2 is 1.89 bits per heavy atom. The Labute approximate surface area is 109 Å². The highest BCUT2D eigenvalue weighted by Gasteiger charge is 2.40. The van der Waals surface area contributed by atoms with Gasteiger partial charge in [0.1, 0.15) is 0 Å². The van der Waals surface area contributed by atoms with E-state index in [1.165, 1.54) is 5.56 Å². The molecule has 1 saturated heterocycles. The normalized spacial score (nSPS) is 25.6. The zero-order chi connectivity index (χ0) is 13.2. The van der Waals surface area contributed by atoms with E-state index in [1.807, 2.05) is 18.2 Å². The molecule has 0 aliphatic carbocycles. The lowest BCUT2D eigenvalue weighted by Crippen LogP contribution is -2.38. The Morgan fingerprint density at radius 3 is 2.44 bits per heavy atom. The number of hydrogen-bond donors (Lipinski definition) is 2. The average Bonchev–Trinajstić information content (AvgIpc) is 2.69. The van der Waals surface area contributed by atoms with Gasteiger partial charge in [0.25, 0.3) is 0 Å². The van der Waals surface area contributed by atoms with Gasteiger partial charge in [0, 0.05) is 25.6 Å². The summed E-state index contributed by atoms with van der Waals surface area (Å²) in [5.41, 5.74) is 0.514. The van der Waals surface area contributed by atoms with Crippen molar-refractivity contribution in [2.75, 3.05) is 19.6 Å². The molecule has 1 aliphatic heterocycles. The van der Waals surface area contributed by atoms with Gasteiger partial charge in [0.2, 0.25) is 0 Å². The number of aliphatic hydroxyl groups excluding tert-OH is 1. The lowest BCUT2D eigenvalue weighted by Gasteiger charge is -2.27. The molecule has 2 N–H and O–H groups in total. The van der Waals surface area contributed by atoms with Crippen molar-refractivity contribution in [3.05, 3.63) is 35.9 Å². The maximum absolute atomic E-state index is 10.0. The van der Waals surface area contributed by atoms with Crippen molar-refractivity contribution in [1.82, 2.24) is 4.90 Å². The first-order chi connectivity index (χ1) is 8.47. The molecule has 3 nitrogen and oxygen atoms in total. The predicted molar refractivity (Wildman–Crippen MR) is 72.4 cm³/mol. The van der Waals surface area contributed by atoms with Crippen molar-refractivity contribution in [3.8, 4) is 0 Å². The summed E-state index contributed by atoms with van der Waals surface area (Å²) in [6.45, 7) is 5.94. The first-order valence-electron chi connectivity index (χ1n) is 6.63. The number of hydrogen-bond acceptors (Lipinski definition) is 3. The van der Waals surface area contributed by atoms with Gasteiger partial charge < -0.3 is 10.2 Å². The van der Waals surface area contributed by atoms with Crippen LogP contribution in [0.4, 0.5) is 0 Å². The van der Waals surface area contributed by atoms with Crippen LogP contribution in [0.3, 0.4) is 0 Å². The summed E-state index contributed by atoms with van der Waals surface area (Å²) in [6.07, 6.45) is 0.576. The molecule has 1 aromatic carbocycles. The molecule has 1 aromatic rings. The largest absolute Gasteiger partial charge is 0.391 e. The maximum Gasteiger partial charge on any atom is 0.0734 e. The van der Waals surface area contributed by atoms with E-state index in [0.717, 1.165) is 19.5 Å². The summed E-state index contributed by atoms with van der Waals surface area (Å²) < 4.78 is 0. The van der Waals surface area contributed by atoms with Crippen LogP contribution in [0.5, 0.6) is 0 Å². The minimum Gasteiger partial charge on any atom is -0.391 e. The van der Waals surface area contributed by atoms with E-state index in [0.29, 0.717) is 6.54 Å². The molecule has 0 spiro atoms. The molecular weight excluding hydrogens is 226 g/mol. The van der Waals surface area contributed by atoms with E-state index in [2.05, 4.69) is 17.0 Å². The molecule has 1 aliphatic rings. The first kappa shape index (κ1) is 13.5. The Hall–Kier alpha value is -0.900. The summed E-state index contributed by atoms with van der Waals surface area (Å²) in [5, 5.41) is 20.0. The second kappa shape index (κ2) is 5.39. The Morgan fingerprint density at radius 1 is 1.22 bits per heavy atom. The molecule has 2 rings (SSSR count). The smallest absolute Gasteiger partial charge is 0.0734 e. The van der Waals surface area contributed by atoms with Crippen LogP contribution < -0.4 is 0 Å². The third-order valence-corrected chi connectivity index (χ3v) is 3.83. The van der Waals surface area contributed by atoms with Gasteiger partial charge in [-0.1, -0.05) is 30.3 Å². The van der Waals surface area contributed by atoms with Gasteiger partial charge in [0.05, 0.1) is 11.7 Å². The van der Waals surface area contributed by atoms with Gasteiger partial charge in [-0.3, -0.25) is 4.90 Å². The molecule has 1 fully saturated rings. The Kier molecular flexibility index (Phi) is 4.05. The zero-order valence-corrected chi connectivity index (χ0v) is 11.2. The third kappa shape index (κ3) is 3.31. The van der Waals surface area contributed by atoms with Crippen LogP contribution in [0.2, 0.25) is 0 Å². The number of rotatable bonds is 4. The molecule has 1 heterocycles. The number of aliphatic hydroxyl groups is 2. The zero-order valence-electron chi connectivity index (χ0n) is 11.2. The van der Waals surface area contributed by atoms with E-state index in [4.69, 9.17) is 0 Å². The van der Waals surface area contributed by atoms with Gasteiger partial charge >= 0.3 is 0 Å². The number of β-amino-alcohol motifs (C(OH)–C–C–N with tert-alkyl or cyclic N) is 1. The summed E-state index contributed by atoms with van der Waals surface area (Å²) in [5.74, 6) is -0.0479. The fourth-order valence-electron chi connectivity index (χ4n) is 2.67. The first-order valence-corrected chi connectivity index (χ1v) is 6.63. The standard InChI is InChI=1S/C15H23NO2/c1-15(2,18)13-10-16(11-14(13)17)9-8-12-6-4-3-5-7-12/h3-7,13-14,17-18H,8-11H2,1-2H3/t13-,14+/m1/s1. The summed E-state index contributed by atoms with van der Waals surface area (Å²) in [4.78, 5) is 2.24. The van der Waals surface area contributed by atoms with Crippen LogP contribution in [0, 0.1) is 5.92 Å². The Balaban J connectivity index is 1.86. The van der Waals surface area contributed by atoms with E-state index in [9.17, 15) is 10.2 Å². The fraction of sp³-hybridized carbons (Fsp3) is 0.600. The third-order valence-electron chi connectivity index (χ3n) is 3.83. The van der Waals surface area contributed by atoms with Crippen molar-refractivity contribution in [2.45, 2.75) is 32.0 Å². The van der Waals surface area contributed by atoms with Crippen molar-refractivity contribution in [2.24, 2.45) is 5.92 Å². The van der Waals surface area contributed by atoms with Gasteiger partial charge in [-0.25, -0.2) is 0 Å². The lowest BCUT2D eigenvalue weighted by molar-refractivity contribution is -0.0235. The minimum absolute atomic E-state index is 0.0479. The summed E-state index contributed by atoms with van der Waals surface area (Å²) in [7, 11) is 0. The highest BCUT2D eigenvalue weighted by molar-refractivity contribution is 5.15. The van der Waals surface area contributed by atoms with Crippen molar-refractivity contribution in [1.29, 1.82) is 0 Å². The summed E-state index contributed by atoms with van der Waals surface area (Å²) in [6, 6.07) is 10.4.